The Kier molecular flexibility index (Phi) is 8.98. The first-order chi connectivity index (χ1) is 21.6. The van der Waals surface area contributed by atoms with Gasteiger partial charge in [-0.3, -0.25) is 0 Å². The Morgan fingerprint density at radius 2 is 1.48 bits per heavy atom. The second-order valence-electron chi connectivity index (χ2n) is 13.0. The lowest BCUT2D eigenvalue weighted by molar-refractivity contribution is -0.275. The molecule has 242 valence electrons. The average molecular weight is 652 g/mol. The predicted molar refractivity (Wildman–Crippen MR) is 172 cm³/mol. The van der Waals surface area contributed by atoms with Crippen LogP contribution in [0.15, 0.2) is 91.3 Å². The summed E-state index contributed by atoms with van der Waals surface area (Å²) >= 11 is 0. The molecule has 2 heterocycles. The Hall–Kier alpha value is -4.29. The molecular formula is C34H37F4N5O2Si. The van der Waals surface area contributed by atoms with Gasteiger partial charge in [0.05, 0.1) is 6.04 Å². The molecule has 0 amide bonds. The van der Waals surface area contributed by atoms with Gasteiger partial charge in [-0.2, -0.15) is 14.6 Å². The van der Waals surface area contributed by atoms with Gasteiger partial charge in [-0.25, -0.2) is 9.37 Å². The van der Waals surface area contributed by atoms with Crippen LogP contribution in [0.5, 0.6) is 5.75 Å². The lowest BCUT2D eigenvalue weighted by Crippen LogP contribution is -2.67. The number of alkyl halides is 3. The maximum atomic E-state index is 15.2. The maximum absolute atomic E-state index is 15.2. The van der Waals surface area contributed by atoms with Crippen LogP contribution in [0.1, 0.15) is 51.9 Å². The molecule has 5 rings (SSSR count). The van der Waals surface area contributed by atoms with Crippen LogP contribution in [0.4, 0.5) is 23.4 Å². The quantitative estimate of drug-likeness (QED) is 0.127. The Bertz CT molecular complexity index is 1750. The Morgan fingerprint density at radius 1 is 0.870 bits per heavy atom. The summed E-state index contributed by atoms with van der Waals surface area (Å²) in [5, 5.41) is 9.68. The van der Waals surface area contributed by atoms with Crippen LogP contribution in [0.2, 0.25) is 5.04 Å². The minimum Gasteiger partial charge on any atom is -0.407 e. The molecule has 1 atom stereocenters. The number of benzene rings is 3. The number of hydrogen-bond acceptors (Lipinski definition) is 6. The maximum Gasteiger partial charge on any atom is 0.573 e. The second kappa shape index (κ2) is 12.5. The largest absolute Gasteiger partial charge is 0.573 e. The van der Waals surface area contributed by atoms with Crippen molar-refractivity contribution >= 4 is 30.3 Å². The van der Waals surface area contributed by atoms with Crippen molar-refractivity contribution < 1.29 is 26.7 Å². The van der Waals surface area contributed by atoms with Crippen LogP contribution in [0.3, 0.4) is 0 Å². The molecule has 0 aliphatic rings. The van der Waals surface area contributed by atoms with Gasteiger partial charge in [0.15, 0.2) is 11.6 Å². The summed E-state index contributed by atoms with van der Waals surface area (Å²) in [5.41, 5.74) is 0.296. The molecule has 12 heteroatoms. The van der Waals surface area contributed by atoms with E-state index in [0.717, 1.165) is 22.5 Å². The SMILES string of the molecule is Cc1cc(NC(c2ccc(OC(F)(F)F)c(F)c2)C(C)(C)CO[Si](c2ccccc2)(c2ccccc2)C(C)(C)C)n2ncnc2n1. The normalized spacial score (nSPS) is 13.5. The van der Waals surface area contributed by atoms with E-state index in [1.807, 2.05) is 57.2 Å². The molecule has 2 aromatic heterocycles. The second-order valence-corrected chi connectivity index (χ2v) is 17.3. The van der Waals surface area contributed by atoms with E-state index in [1.54, 1.807) is 6.07 Å². The molecule has 0 fully saturated rings. The van der Waals surface area contributed by atoms with Gasteiger partial charge in [0.2, 0.25) is 0 Å². The summed E-state index contributed by atoms with van der Waals surface area (Å²) in [5.74, 6) is -1.15. The molecule has 3 aromatic carbocycles. The predicted octanol–water partition coefficient (Wildman–Crippen LogP) is 7.23. The molecule has 1 N–H and O–H groups in total. The molecular weight excluding hydrogens is 614 g/mol. The van der Waals surface area contributed by atoms with E-state index < -0.39 is 37.7 Å². The fourth-order valence-corrected chi connectivity index (χ4v) is 10.7. The molecule has 0 aliphatic heterocycles. The minimum atomic E-state index is -5.03. The highest BCUT2D eigenvalue weighted by atomic mass is 28.4. The van der Waals surface area contributed by atoms with Crippen molar-refractivity contribution in [2.75, 3.05) is 11.9 Å². The molecule has 7 nitrogen and oxygen atoms in total. The zero-order chi connectivity index (χ0) is 33.3. The summed E-state index contributed by atoms with van der Waals surface area (Å²) in [6, 6.07) is 25.0. The van der Waals surface area contributed by atoms with E-state index in [4.69, 9.17) is 4.43 Å². The van der Waals surface area contributed by atoms with Crippen LogP contribution in [0, 0.1) is 18.2 Å². The van der Waals surface area contributed by atoms with Crippen LogP contribution >= 0.6 is 0 Å². The van der Waals surface area contributed by atoms with E-state index in [0.29, 0.717) is 22.9 Å². The zero-order valence-corrected chi connectivity index (χ0v) is 27.6. The van der Waals surface area contributed by atoms with Crippen LogP contribution in [-0.4, -0.2) is 40.9 Å². The van der Waals surface area contributed by atoms with Crippen molar-refractivity contribution in [3.8, 4) is 5.75 Å². The van der Waals surface area contributed by atoms with E-state index in [1.165, 1.54) is 16.9 Å². The Balaban J connectivity index is 1.61. The average Bonchev–Trinajstić information content (AvgIpc) is 3.45. The molecule has 1 unspecified atom stereocenters. The number of aromatic nitrogens is 4. The van der Waals surface area contributed by atoms with Gasteiger partial charge < -0.3 is 14.5 Å². The van der Waals surface area contributed by atoms with Gasteiger partial charge in [-0.15, -0.1) is 13.2 Å². The number of fused-ring (bicyclic) bond motifs is 1. The highest BCUT2D eigenvalue weighted by molar-refractivity contribution is 6.99. The highest BCUT2D eigenvalue weighted by Crippen LogP contribution is 2.42. The van der Waals surface area contributed by atoms with E-state index in [-0.39, 0.29) is 11.6 Å². The number of hydrogen-bond donors (Lipinski definition) is 1. The molecule has 0 saturated carbocycles. The lowest BCUT2D eigenvalue weighted by atomic mass is 9.81. The van der Waals surface area contributed by atoms with Crippen LogP contribution in [0.25, 0.3) is 5.78 Å². The third kappa shape index (κ3) is 6.77. The van der Waals surface area contributed by atoms with E-state index in [2.05, 4.69) is 70.2 Å². The molecule has 0 bridgehead atoms. The number of aryl methyl sites for hydroxylation is 1. The van der Waals surface area contributed by atoms with Crippen molar-refractivity contribution in [1.82, 2.24) is 19.6 Å². The molecule has 0 aliphatic carbocycles. The fraction of sp³-hybridized carbons (Fsp3) is 0.324. The van der Waals surface area contributed by atoms with Crippen molar-refractivity contribution in [3.05, 3.63) is 108 Å². The zero-order valence-electron chi connectivity index (χ0n) is 26.6. The summed E-state index contributed by atoms with van der Waals surface area (Å²) < 4.78 is 66.8. The third-order valence-corrected chi connectivity index (χ3v) is 13.0. The smallest absolute Gasteiger partial charge is 0.407 e. The number of anilines is 1. The Morgan fingerprint density at radius 3 is 2.02 bits per heavy atom. The van der Waals surface area contributed by atoms with Gasteiger partial charge >= 0.3 is 6.36 Å². The summed E-state index contributed by atoms with van der Waals surface area (Å²) in [6.07, 6.45) is -3.65. The summed E-state index contributed by atoms with van der Waals surface area (Å²) in [4.78, 5) is 8.61. The Labute approximate surface area is 266 Å². The van der Waals surface area contributed by atoms with Gasteiger partial charge in [-0.1, -0.05) is 101 Å². The lowest BCUT2D eigenvalue weighted by Gasteiger charge is -2.46. The van der Waals surface area contributed by atoms with Gasteiger partial charge in [0.1, 0.15) is 12.1 Å². The van der Waals surface area contributed by atoms with Crippen molar-refractivity contribution in [2.24, 2.45) is 5.41 Å². The number of nitrogens with zero attached hydrogens (tertiary/aromatic N) is 4. The molecule has 0 saturated heterocycles. The monoisotopic (exact) mass is 651 g/mol. The van der Waals surface area contributed by atoms with Crippen molar-refractivity contribution in [1.29, 1.82) is 0 Å². The first-order valence-electron chi connectivity index (χ1n) is 14.8. The van der Waals surface area contributed by atoms with E-state index in [9.17, 15) is 13.2 Å². The number of nitrogens with one attached hydrogen (secondary N) is 1. The van der Waals surface area contributed by atoms with Gasteiger partial charge in [0, 0.05) is 23.8 Å². The molecule has 0 spiro atoms. The van der Waals surface area contributed by atoms with Crippen LogP contribution in [-0.2, 0) is 4.43 Å². The topological polar surface area (TPSA) is 73.6 Å². The van der Waals surface area contributed by atoms with Crippen molar-refractivity contribution in [2.45, 2.75) is 59.0 Å². The number of halogens is 4. The fourth-order valence-electron chi connectivity index (χ4n) is 5.95. The first kappa shape index (κ1) is 33.1. The molecule has 5 aromatic rings. The standard InChI is InChI=1S/C34H37F4N5O2Si/c1-23-19-29(43-31(41-23)39-22-40-43)42-30(24-17-18-28(27(35)20-24)45-34(36,37)38)33(5,6)21-44-46(32(2,3)4,25-13-9-7-10-14-25)26-15-11-8-12-16-26/h7-20,22,30,42H,21H2,1-6H3. The first-order valence-corrected chi connectivity index (χ1v) is 16.8. The van der Waals surface area contributed by atoms with Gasteiger partial charge in [0.25, 0.3) is 14.1 Å². The third-order valence-electron chi connectivity index (χ3n) is 8.05. The highest BCUT2D eigenvalue weighted by Gasteiger charge is 2.51. The molecule has 0 radical (unpaired) electrons. The van der Waals surface area contributed by atoms with E-state index >= 15 is 4.39 Å². The number of rotatable bonds is 10. The summed E-state index contributed by atoms with van der Waals surface area (Å²) in [7, 11) is -2.97. The van der Waals surface area contributed by atoms with Gasteiger partial charge in [-0.05, 0) is 40.0 Å². The van der Waals surface area contributed by atoms with Crippen molar-refractivity contribution in [3.63, 3.8) is 0 Å². The molecule has 46 heavy (non-hydrogen) atoms. The van der Waals surface area contributed by atoms with Crippen LogP contribution < -0.4 is 20.4 Å². The number of ether oxygens (including phenoxy) is 1. The minimum absolute atomic E-state index is 0.213. The summed E-state index contributed by atoms with van der Waals surface area (Å²) in [6.45, 7) is 12.5.